The molecule has 2 N–H and O–H groups in total. The number of nitrogens with zero attached hydrogens (tertiary/aromatic N) is 4. The van der Waals surface area contributed by atoms with Crippen molar-refractivity contribution in [2.24, 2.45) is 7.05 Å². The molecule has 5 aromatic rings. The largest absolute Gasteiger partial charge is 0.338 e. The van der Waals surface area contributed by atoms with Crippen LogP contribution in [0, 0.1) is 6.92 Å². The van der Waals surface area contributed by atoms with E-state index in [1.54, 1.807) is 6.20 Å². The molecule has 6 nitrogen and oxygen atoms in total. The van der Waals surface area contributed by atoms with Crippen LogP contribution in [0.1, 0.15) is 5.82 Å². The highest BCUT2D eigenvalue weighted by Gasteiger charge is 2.13. The second-order valence-electron chi connectivity index (χ2n) is 6.21. The molecule has 25 heavy (non-hydrogen) atoms. The van der Waals surface area contributed by atoms with E-state index in [-0.39, 0.29) is 0 Å². The fourth-order valence-electron chi connectivity index (χ4n) is 3.23. The van der Waals surface area contributed by atoms with Crippen molar-refractivity contribution in [3.05, 3.63) is 54.6 Å². The lowest BCUT2D eigenvalue weighted by Gasteiger charge is -2.04. The maximum Gasteiger partial charge on any atom is 0.137 e. The van der Waals surface area contributed by atoms with Crippen LogP contribution in [0.25, 0.3) is 44.6 Å². The van der Waals surface area contributed by atoms with Crippen LogP contribution < -0.4 is 0 Å². The number of benzene rings is 1. The van der Waals surface area contributed by atoms with Gasteiger partial charge >= 0.3 is 0 Å². The van der Waals surface area contributed by atoms with Crippen LogP contribution >= 0.6 is 0 Å². The number of imidazole rings is 1. The highest BCUT2D eigenvalue weighted by Crippen LogP contribution is 2.31. The maximum atomic E-state index is 4.52. The van der Waals surface area contributed by atoms with E-state index in [1.807, 2.05) is 32.3 Å². The minimum Gasteiger partial charge on any atom is -0.338 e. The smallest absolute Gasteiger partial charge is 0.137 e. The molecule has 0 saturated carbocycles. The first-order chi connectivity index (χ1) is 12.2. The number of pyridine rings is 1. The van der Waals surface area contributed by atoms with Crippen molar-refractivity contribution < 1.29 is 0 Å². The average molecular weight is 328 g/mol. The Morgan fingerprint density at radius 2 is 2.00 bits per heavy atom. The van der Waals surface area contributed by atoms with Crippen molar-refractivity contribution in [2.45, 2.75) is 6.92 Å². The topological polar surface area (TPSA) is 75.2 Å². The molecular formula is C19H16N6. The van der Waals surface area contributed by atoms with Crippen LogP contribution in [-0.2, 0) is 7.05 Å². The summed E-state index contributed by atoms with van der Waals surface area (Å²) in [5, 5.41) is 9.78. The first kappa shape index (κ1) is 14.0. The molecule has 0 aliphatic heterocycles. The molecule has 0 atom stereocenters. The summed E-state index contributed by atoms with van der Waals surface area (Å²) in [6.45, 7) is 2.00. The van der Waals surface area contributed by atoms with Gasteiger partial charge in [-0.1, -0.05) is 6.07 Å². The van der Waals surface area contributed by atoms with Gasteiger partial charge in [-0.15, -0.1) is 0 Å². The number of H-pyrrole nitrogens is 2. The number of hydrogen-bond donors (Lipinski definition) is 2. The average Bonchev–Trinajstić information content (AvgIpc) is 3.31. The van der Waals surface area contributed by atoms with Crippen LogP contribution in [0.4, 0.5) is 0 Å². The zero-order valence-corrected chi connectivity index (χ0v) is 13.9. The van der Waals surface area contributed by atoms with Gasteiger partial charge in [-0.2, -0.15) is 5.10 Å². The Labute approximate surface area is 143 Å². The molecule has 0 spiro atoms. The zero-order chi connectivity index (χ0) is 17.0. The molecule has 4 heterocycles. The number of aromatic amines is 2. The number of nitrogens with one attached hydrogen (secondary N) is 2. The monoisotopic (exact) mass is 328 g/mol. The van der Waals surface area contributed by atoms with Crippen LogP contribution in [-0.4, -0.2) is 29.7 Å². The summed E-state index contributed by atoms with van der Waals surface area (Å²) in [7, 11) is 2.03. The molecule has 4 aromatic heterocycles. The van der Waals surface area contributed by atoms with Crippen molar-refractivity contribution in [3.63, 3.8) is 0 Å². The van der Waals surface area contributed by atoms with E-state index in [9.17, 15) is 0 Å². The SMILES string of the molecule is Cc1ncc(-c2ccc3[nH]nc(-c4cc5cccnc5[nH]4)c3c2)n1C. The third-order valence-corrected chi connectivity index (χ3v) is 4.73. The Morgan fingerprint density at radius 1 is 1.08 bits per heavy atom. The Kier molecular flexibility index (Phi) is 2.82. The molecule has 0 radical (unpaired) electrons. The van der Waals surface area contributed by atoms with Gasteiger partial charge in [0.1, 0.15) is 17.2 Å². The van der Waals surface area contributed by atoms with E-state index in [0.717, 1.165) is 50.4 Å². The van der Waals surface area contributed by atoms with Crippen molar-refractivity contribution in [1.82, 2.24) is 29.7 Å². The molecule has 0 bridgehead atoms. The minimum atomic E-state index is 0.868. The fourth-order valence-corrected chi connectivity index (χ4v) is 3.23. The Bertz CT molecular complexity index is 1190. The summed E-state index contributed by atoms with van der Waals surface area (Å²) in [5.41, 5.74) is 5.93. The number of hydrogen-bond acceptors (Lipinski definition) is 3. The van der Waals surface area contributed by atoms with Crippen LogP contribution in [0.2, 0.25) is 0 Å². The summed E-state index contributed by atoms with van der Waals surface area (Å²) in [5.74, 6) is 0.990. The molecule has 122 valence electrons. The standard InChI is InChI=1S/C19H16N6/c1-11-21-10-17(25(11)2)12-5-6-15-14(8-12)18(24-23-15)16-9-13-4-3-7-20-19(13)22-16/h3-10H,1-2H3,(H,20,22)(H,23,24). The van der Waals surface area contributed by atoms with Crippen molar-refractivity contribution in [1.29, 1.82) is 0 Å². The van der Waals surface area contributed by atoms with Crippen molar-refractivity contribution in [3.8, 4) is 22.6 Å². The first-order valence-corrected chi connectivity index (χ1v) is 8.11. The van der Waals surface area contributed by atoms with Crippen molar-refractivity contribution >= 4 is 21.9 Å². The summed E-state index contributed by atoms with van der Waals surface area (Å²) in [4.78, 5) is 12.1. The molecule has 0 saturated heterocycles. The van der Waals surface area contributed by atoms with Gasteiger partial charge < -0.3 is 9.55 Å². The van der Waals surface area contributed by atoms with Gasteiger partial charge in [-0.05, 0) is 37.3 Å². The quantitative estimate of drug-likeness (QED) is 0.517. The lowest BCUT2D eigenvalue weighted by molar-refractivity contribution is 0.865. The van der Waals surface area contributed by atoms with E-state index in [2.05, 4.69) is 54.0 Å². The molecule has 0 unspecified atom stereocenters. The van der Waals surface area contributed by atoms with Gasteiger partial charge in [0.2, 0.25) is 0 Å². The molecule has 5 rings (SSSR count). The normalized spacial score (nSPS) is 11.6. The fraction of sp³-hybridized carbons (Fsp3) is 0.105. The lowest BCUT2D eigenvalue weighted by atomic mass is 10.1. The molecule has 0 amide bonds. The number of aromatic nitrogens is 6. The zero-order valence-electron chi connectivity index (χ0n) is 13.9. The molecule has 0 aliphatic rings. The minimum absolute atomic E-state index is 0.868. The van der Waals surface area contributed by atoms with Gasteiger partial charge in [0.05, 0.1) is 23.1 Å². The van der Waals surface area contributed by atoms with Crippen LogP contribution in [0.15, 0.2) is 48.8 Å². The van der Waals surface area contributed by atoms with Gasteiger partial charge in [-0.25, -0.2) is 9.97 Å². The van der Waals surface area contributed by atoms with E-state index in [0.29, 0.717) is 0 Å². The number of rotatable bonds is 2. The molecule has 0 fully saturated rings. The van der Waals surface area contributed by atoms with E-state index < -0.39 is 0 Å². The summed E-state index contributed by atoms with van der Waals surface area (Å²) in [6, 6.07) is 12.4. The number of aryl methyl sites for hydroxylation is 1. The summed E-state index contributed by atoms with van der Waals surface area (Å²) >= 11 is 0. The molecule has 6 heteroatoms. The van der Waals surface area contributed by atoms with Gasteiger partial charge in [-0.3, -0.25) is 5.10 Å². The van der Waals surface area contributed by atoms with Crippen LogP contribution in [0.3, 0.4) is 0 Å². The highest BCUT2D eigenvalue weighted by atomic mass is 15.1. The Hall–Kier alpha value is -3.41. The first-order valence-electron chi connectivity index (χ1n) is 8.11. The van der Waals surface area contributed by atoms with Gasteiger partial charge in [0.25, 0.3) is 0 Å². The third kappa shape index (κ3) is 2.07. The second-order valence-corrected chi connectivity index (χ2v) is 6.21. The second kappa shape index (κ2) is 5.04. The van der Waals surface area contributed by atoms with Crippen molar-refractivity contribution in [2.75, 3.05) is 0 Å². The summed E-state index contributed by atoms with van der Waals surface area (Å²) in [6.07, 6.45) is 3.69. The third-order valence-electron chi connectivity index (χ3n) is 4.73. The predicted molar refractivity (Wildman–Crippen MR) is 98.1 cm³/mol. The Balaban J connectivity index is 1.71. The number of fused-ring (bicyclic) bond motifs is 2. The molecule has 1 aromatic carbocycles. The molecule has 0 aliphatic carbocycles. The van der Waals surface area contributed by atoms with E-state index >= 15 is 0 Å². The maximum absolute atomic E-state index is 4.52. The lowest BCUT2D eigenvalue weighted by Crippen LogP contribution is -1.94. The van der Waals surface area contributed by atoms with E-state index in [1.165, 1.54) is 0 Å². The van der Waals surface area contributed by atoms with Crippen LogP contribution in [0.5, 0.6) is 0 Å². The highest BCUT2D eigenvalue weighted by molar-refractivity contribution is 5.97. The Morgan fingerprint density at radius 3 is 2.80 bits per heavy atom. The predicted octanol–water partition coefficient (Wildman–Crippen LogP) is 3.82. The van der Waals surface area contributed by atoms with Gasteiger partial charge in [0.15, 0.2) is 0 Å². The van der Waals surface area contributed by atoms with E-state index in [4.69, 9.17) is 0 Å². The van der Waals surface area contributed by atoms with Gasteiger partial charge in [0, 0.05) is 29.6 Å². The molecular weight excluding hydrogens is 312 g/mol. The summed E-state index contributed by atoms with van der Waals surface area (Å²) < 4.78 is 2.09.